The van der Waals surface area contributed by atoms with Crippen LogP contribution in [0.4, 0.5) is 0 Å². The van der Waals surface area contributed by atoms with E-state index >= 15 is 0 Å². The van der Waals surface area contributed by atoms with E-state index in [9.17, 15) is 4.79 Å². The van der Waals surface area contributed by atoms with E-state index in [0.29, 0.717) is 18.9 Å². The van der Waals surface area contributed by atoms with Crippen molar-refractivity contribution in [1.29, 1.82) is 0 Å². The minimum atomic E-state index is 0.218. The van der Waals surface area contributed by atoms with Gasteiger partial charge in [0.05, 0.1) is 6.42 Å². The van der Waals surface area contributed by atoms with Crippen molar-refractivity contribution in [2.45, 2.75) is 13.3 Å². The Labute approximate surface area is 96.2 Å². The van der Waals surface area contributed by atoms with Gasteiger partial charge in [-0.2, -0.15) is 0 Å². The Hall–Kier alpha value is -1.35. The first-order valence-electron chi connectivity index (χ1n) is 5.72. The molecule has 0 unspecified atom stereocenters. The molecule has 0 spiro atoms. The molecule has 2 rings (SSSR count). The summed E-state index contributed by atoms with van der Waals surface area (Å²) in [6.07, 6.45) is 0.513. The number of carbonyl (C=O) groups excluding carboxylic acids is 1. The van der Waals surface area contributed by atoms with Crippen molar-refractivity contribution in [3.63, 3.8) is 0 Å². The smallest absolute Gasteiger partial charge is 0.227 e. The van der Waals surface area contributed by atoms with Crippen molar-refractivity contribution >= 4 is 5.91 Å². The summed E-state index contributed by atoms with van der Waals surface area (Å²) in [4.78, 5) is 13.7. The highest BCUT2D eigenvalue weighted by atomic mass is 16.2. The van der Waals surface area contributed by atoms with Gasteiger partial charge < -0.3 is 10.6 Å². The van der Waals surface area contributed by atoms with Crippen molar-refractivity contribution < 1.29 is 4.79 Å². The number of likely N-dealkylation sites (tertiary alicyclic amines) is 1. The topological polar surface area (TPSA) is 46.3 Å². The maximum absolute atomic E-state index is 11.9. The average Bonchev–Trinajstić information content (AvgIpc) is 2.15. The lowest BCUT2D eigenvalue weighted by Crippen LogP contribution is -2.53. The summed E-state index contributed by atoms with van der Waals surface area (Å²) in [5.74, 6) is 0.733. The minimum Gasteiger partial charge on any atom is -0.342 e. The van der Waals surface area contributed by atoms with E-state index in [1.165, 1.54) is 5.56 Å². The quantitative estimate of drug-likeness (QED) is 0.821. The van der Waals surface area contributed by atoms with E-state index < -0.39 is 0 Å². The standard InChI is InChI=1S/C13H18N2O/c1-10-3-2-4-11(5-10)6-13(16)15-8-12(7-14)9-15/h2-5,12H,6-9,14H2,1H3. The molecule has 2 N–H and O–H groups in total. The van der Waals surface area contributed by atoms with Crippen LogP contribution in [-0.2, 0) is 11.2 Å². The number of benzene rings is 1. The van der Waals surface area contributed by atoms with E-state index in [1.54, 1.807) is 0 Å². The maximum Gasteiger partial charge on any atom is 0.227 e. The Kier molecular flexibility index (Phi) is 3.25. The molecule has 16 heavy (non-hydrogen) atoms. The van der Waals surface area contributed by atoms with Crippen LogP contribution in [0, 0.1) is 12.8 Å². The van der Waals surface area contributed by atoms with Crippen LogP contribution in [0.15, 0.2) is 24.3 Å². The second-order valence-corrected chi connectivity index (χ2v) is 4.57. The lowest BCUT2D eigenvalue weighted by Gasteiger charge is -2.38. The summed E-state index contributed by atoms with van der Waals surface area (Å²) < 4.78 is 0. The second kappa shape index (κ2) is 4.66. The monoisotopic (exact) mass is 218 g/mol. The fourth-order valence-corrected chi connectivity index (χ4v) is 2.03. The van der Waals surface area contributed by atoms with E-state index in [2.05, 4.69) is 6.07 Å². The number of hydrogen-bond donors (Lipinski definition) is 1. The van der Waals surface area contributed by atoms with E-state index in [-0.39, 0.29) is 5.91 Å². The molecule has 1 fully saturated rings. The van der Waals surface area contributed by atoms with Crippen molar-refractivity contribution in [3.8, 4) is 0 Å². The van der Waals surface area contributed by atoms with Gasteiger partial charge in [-0.3, -0.25) is 4.79 Å². The van der Waals surface area contributed by atoms with Crippen LogP contribution >= 0.6 is 0 Å². The zero-order valence-electron chi connectivity index (χ0n) is 9.65. The first kappa shape index (κ1) is 11.1. The molecular weight excluding hydrogens is 200 g/mol. The molecule has 0 bridgehead atoms. The Morgan fingerprint density at radius 1 is 1.50 bits per heavy atom. The number of aryl methyl sites for hydroxylation is 1. The lowest BCUT2D eigenvalue weighted by atomic mass is 9.99. The fraction of sp³-hybridized carbons (Fsp3) is 0.462. The summed E-state index contributed by atoms with van der Waals surface area (Å²) in [5, 5.41) is 0. The molecule has 0 saturated carbocycles. The van der Waals surface area contributed by atoms with Crippen LogP contribution in [0.3, 0.4) is 0 Å². The SMILES string of the molecule is Cc1cccc(CC(=O)N2CC(CN)C2)c1. The predicted octanol–water partition coefficient (Wildman–Crippen LogP) is 0.955. The van der Waals surface area contributed by atoms with E-state index in [0.717, 1.165) is 18.7 Å². The summed E-state index contributed by atoms with van der Waals surface area (Å²) in [7, 11) is 0. The largest absolute Gasteiger partial charge is 0.342 e. The van der Waals surface area contributed by atoms with Gasteiger partial charge in [-0.25, -0.2) is 0 Å². The molecule has 3 nitrogen and oxygen atoms in total. The highest BCUT2D eigenvalue weighted by Crippen LogP contribution is 2.16. The molecule has 1 aromatic carbocycles. The van der Waals surface area contributed by atoms with Crippen LogP contribution in [0.1, 0.15) is 11.1 Å². The van der Waals surface area contributed by atoms with Crippen LogP contribution in [-0.4, -0.2) is 30.4 Å². The third kappa shape index (κ3) is 2.42. The number of nitrogens with two attached hydrogens (primary N) is 1. The van der Waals surface area contributed by atoms with Gasteiger partial charge in [0.25, 0.3) is 0 Å². The van der Waals surface area contributed by atoms with Crippen LogP contribution in [0.5, 0.6) is 0 Å². The van der Waals surface area contributed by atoms with Crippen molar-refractivity contribution in [1.82, 2.24) is 4.90 Å². The molecule has 0 atom stereocenters. The highest BCUT2D eigenvalue weighted by Gasteiger charge is 2.28. The van der Waals surface area contributed by atoms with Gasteiger partial charge >= 0.3 is 0 Å². The summed E-state index contributed by atoms with van der Waals surface area (Å²) >= 11 is 0. The maximum atomic E-state index is 11.9. The normalized spacial score (nSPS) is 16.0. The number of carbonyl (C=O) groups is 1. The second-order valence-electron chi connectivity index (χ2n) is 4.57. The zero-order valence-corrected chi connectivity index (χ0v) is 9.65. The van der Waals surface area contributed by atoms with Gasteiger partial charge in [0.1, 0.15) is 0 Å². The number of nitrogens with zero attached hydrogens (tertiary/aromatic N) is 1. The first-order chi connectivity index (χ1) is 7.69. The zero-order chi connectivity index (χ0) is 11.5. The minimum absolute atomic E-state index is 0.218. The number of rotatable bonds is 3. The Morgan fingerprint density at radius 3 is 2.88 bits per heavy atom. The first-order valence-corrected chi connectivity index (χ1v) is 5.72. The molecule has 1 amide bonds. The van der Waals surface area contributed by atoms with Gasteiger partial charge in [-0.05, 0) is 19.0 Å². The molecule has 1 saturated heterocycles. The average molecular weight is 218 g/mol. The molecular formula is C13H18N2O. The summed E-state index contributed by atoms with van der Waals surface area (Å²) in [6, 6.07) is 8.11. The van der Waals surface area contributed by atoms with Gasteiger partial charge in [-0.15, -0.1) is 0 Å². The molecule has 1 aromatic rings. The molecule has 3 heteroatoms. The van der Waals surface area contributed by atoms with Crippen LogP contribution in [0.25, 0.3) is 0 Å². The lowest BCUT2D eigenvalue weighted by molar-refractivity contribution is -0.136. The third-order valence-electron chi connectivity index (χ3n) is 3.08. The van der Waals surface area contributed by atoms with Crippen molar-refractivity contribution in [2.24, 2.45) is 11.7 Å². The molecule has 1 aliphatic rings. The Morgan fingerprint density at radius 2 is 2.25 bits per heavy atom. The van der Waals surface area contributed by atoms with Gasteiger partial charge in [0.15, 0.2) is 0 Å². The predicted molar refractivity (Wildman–Crippen MR) is 64.0 cm³/mol. The van der Waals surface area contributed by atoms with Crippen LogP contribution in [0.2, 0.25) is 0 Å². The molecule has 0 aliphatic carbocycles. The highest BCUT2D eigenvalue weighted by molar-refractivity contribution is 5.79. The van der Waals surface area contributed by atoms with E-state index in [1.807, 2.05) is 30.0 Å². The summed E-state index contributed by atoms with van der Waals surface area (Å²) in [5.41, 5.74) is 7.83. The van der Waals surface area contributed by atoms with Crippen LogP contribution < -0.4 is 5.73 Å². The number of amides is 1. The third-order valence-corrected chi connectivity index (χ3v) is 3.08. The molecule has 1 heterocycles. The van der Waals surface area contributed by atoms with Gasteiger partial charge in [0, 0.05) is 19.0 Å². The Bertz CT molecular complexity index is 383. The number of hydrogen-bond acceptors (Lipinski definition) is 2. The van der Waals surface area contributed by atoms with E-state index in [4.69, 9.17) is 5.73 Å². The molecule has 1 aliphatic heterocycles. The Balaban J connectivity index is 1.89. The fourth-order valence-electron chi connectivity index (χ4n) is 2.03. The van der Waals surface area contributed by atoms with Gasteiger partial charge in [0.2, 0.25) is 5.91 Å². The van der Waals surface area contributed by atoms with Gasteiger partial charge in [-0.1, -0.05) is 29.8 Å². The molecule has 86 valence electrons. The van der Waals surface area contributed by atoms with Crippen molar-refractivity contribution in [2.75, 3.05) is 19.6 Å². The molecule has 0 radical (unpaired) electrons. The summed E-state index contributed by atoms with van der Waals surface area (Å²) in [6.45, 7) is 4.40. The van der Waals surface area contributed by atoms with Crippen molar-refractivity contribution in [3.05, 3.63) is 35.4 Å². The molecule has 0 aromatic heterocycles.